The molecule has 0 bridgehead atoms. The van der Waals surface area contributed by atoms with Crippen LogP contribution in [-0.4, -0.2) is 28.8 Å². The van der Waals surface area contributed by atoms with Crippen LogP contribution in [0.15, 0.2) is 0 Å². The fraction of sp³-hybridized carbons (Fsp3) is 0.889. The maximum absolute atomic E-state index is 13.4. The number of rotatable bonds is 3. The van der Waals surface area contributed by atoms with E-state index in [-0.39, 0.29) is 12.3 Å². The van der Waals surface area contributed by atoms with Crippen molar-refractivity contribution in [3.05, 3.63) is 0 Å². The molecule has 1 aliphatic heterocycles. The first-order valence-corrected chi connectivity index (χ1v) is 5.79. The maximum atomic E-state index is 13.4. The largest absolute Gasteiger partial charge is 0.481 e. The van der Waals surface area contributed by atoms with Gasteiger partial charge < -0.3 is 5.11 Å². The Kier molecular flexibility index (Phi) is 4.56. The van der Waals surface area contributed by atoms with Gasteiger partial charge in [-0.25, -0.2) is 4.39 Å². The molecule has 2 atom stereocenters. The van der Waals surface area contributed by atoms with Gasteiger partial charge in [-0.2, -0.15) is 11.8 Å². The van der Waals surface area contributed by atoms with Gasteiger partial charge in [-0.3, -0.25) is 4.79 Å². The molecule has 0 radical (unpaired) electrons. The van der Waals surface area contributed by atoms with Crippen LogP contribution in [0.4, 0.5) is 4.39 Å². The molecule has 2 nitrogen and oxygen atoms in total. The number of alkyl halides is 1. The zero-order chi connectivity index (χ0) is 9.68. The summed E-state index contributed by atoms with van der Waals surface area (Å²) in [6.45, 7) is 0. The summed E-state index contributed by atoms with van der Waals surface area (Å²) in [4.78, 5) is 10.3. The number of thioether (sulfide) groups is 1. The van der Waals surface area contributed by atoms with Crippen molar-refractivity contribution < 1.29 is 14.3 Å². The third-order valence-corrected chi connectivity index (χ3v) is 3.46. The number of aliphatic carboxylic acids is 1. The van der Waals surface area contributed by atoms with E-state index in [0.717, 1.165) is 17.9 Å². The maximum Gasteiger partial charge on any atom is 0.303 e. The number of hydrogen-bond acceptors (Lipinski definition) is 2. The second kappa shape index (κ2) is 5.47. The van der Waals surface area contributed by atoms with Crippen molar-refractivity contribution in [3.8, 4) is 0 Å². The van der Waals surface area contributed by atoms with E-state index in [1.165, 1.54) is 0 Å². The van der Waals surface area contributed by atoms with Crippen molar-refractivity contribution in [2.24, 2.45) is 5.92 Å². The third-order valence-electron chi connectivity index (χ3n) is 2.41. The minimum absolute atomic E-state index is 0.0221. The Morgan fingerprint density at radius 3 is 2.85 bits per heavy atom. The van der Waals surface area contributed by atoms with Crippen molar-refractivity contribution >= 4 is 17.7 Å². The molecular weight excluding hydrogens is 191 g/mol. The zero-order valence-corrected chi connectivity index (χ0v) is 8.36. The molecule has 0 aromatic rings. The van der Waals surface area contributed by atoms with Gasteiger partial charge in [0.15, 0.2) is 0 Å². The quantitative estimate of drug-likeness (QED) is 0.770. The van der Waals surface area contributed by atoms with Crippen LogP contribution in [0.5, 0.6) is 0 Å². The molecule has 2 unspecified atom stereocenters. The molecule has 1 rings (SSSR count). The van der Waals surface area contributed by atoms with E-state index in [1.807, 2.05) is 0 Å². The Morgan fingerprint density at radius 1 is 1.46 bits per heavy atom. The van der Waals surface area contributed by atoms with Crippen LogP contribution < -0.4 is 0 Å². The van der Waals surface area contributed by atoms with Crippen LogP contribution in [0.1, 0.15) is 25.7 Å². The van der Waals surface area contributed by atoms with E-state index in [4.69, 9.17) is 5.11 Å². The van der Waals surface area contributed by atoms with Crippen LogP contribution in [0.3, 0.4) is 0 Å². The lowest BCUT2D eigenvalue weighted by molar-refractivity contribution is -0.137. The predicted octanol–water partition coefficient (Wildman–Crippen LogP) is 2.33. The van der Waals surface area contributed by atoms with E-state index in [9.17, 15) is 9.18 Å². The normalized spacial score (nSPS) is 29.6. The van der Waals surface area contributed by atoms with E-state index in [1.54, 1.807) is 11.8 Å². The first kappa shape index (κ1) is 10.8. The van der Waals surface area contributed by atoms with E-state index in [2.05, 4.69) is 0 Å². The van der Waals surface area contributed by atoms with Crippen molar-refractivity contribution in [1.82, 2.24) is 0 Å². The third kappa shape index (κ3) is 3.98. The van der Waals surface area contributed by atoms with E-state index < -0.39 is 12.1 Å². The summed E-state index contributed by atoms with van der Waals surface area (Å²) in [5.74, 6) is 1.02. The number of halogens is 1. The summed E-state index contributed by atoms with van der Waals surface area (Å²) in [6.07, 6.45) is 1.25. The van der Waals surface area contributed by atoms with Crippen LogP contribution in [0, 0.1) is 5.92 Å². The van der Waals surface area contributed by atoms with Gasteiger partial charge in [0.2, 0.25) is 0 Å². The van der Waals surface area contributed by atoms with Gasteiger partial charge in [-0.1, -0.05) is 0 Å². The van der Waals surface area contributed by atoms with Crippen LogP contribution >= 0.6 is 11.8 Å². The van der Waals surface area contributed by atoms with Crippen molar-refractivity contribution in [2.45, 2.75) is 31.9 Å². The lowest BCUT2D eigenvalue weighted by Crippen LogP contribution is -2.16. The average molecular weight is 206 g/mol. The highest BCUT2D eigenvalue weighted by molar-refractivity contribution is 7.99. The fourth-order valence-corrected chi connectivity index (χ4v) is 2.65. The fourth-order valence-electron chi connectivity index (χ4n) is 1.58. The zero-order valence-electron chi connectivity index (χ0n) is 7.54. The molecule has 1 aliphatic rings. The van der Waals surface area contributed by atoms with Crippen LogP contribution in [-0.2, 0) is 4.79 Å². The molecule has 1 saturated heterocycles. The lowest BCUT2D eigenvalue weighted by Gasteiger charge is -2.16. The highest BCUT2D eigenvalue weighted by Crippen LogP contribution is 2.28. The molecule has 0 aromatic carbocycles. The Balaban J connectivity index is 2.31. The van der Waals surface area contributed by atoms with Crippen molar-refractivity contribution in [2.75, 3.05) is 11.5 Å². The Morgan fingerprint density at radius 2 is 2.15 bits per heavy atom. The summed E-state index contributed by atoms with van der Waals surface area (Å²) < 4.78 is 13.4. The second-order valence-electron chi connectivity index (χ2n) is 3.40. The Hall–Kier alpha value is -0.250. The standard InChI is InChI=1S/C9H15FO2S/c10-8-4-6-13-5-3-7(8)1-2-9(11)12/h7-8H,1-6H2,(H,11,12). The Bertz CT molecular complexity index is 175. The average Bonchev–Trinajstić information content (AvgIpc) is 2.27. The smallest absolute Gasteiger partial charge is 0.303 e. The molecule has 1 fully saturated rings. The minimum atomic E-state index is -0.816. The van der Waals surface area contributed by atoms with Gasteiger partial charge in [0.1, 0.15) is 6.17 Å². The summed E-state index contributed by atoms with van der Waals surface area (Å²) in [7, 11) is 0. The lowest BCUT2D eigenvalue weighted by atomic mass is 9.94. The van der Waals surface area contributed by atoms with Crippen molar-refractivity contribution in [3.63, 3.8) is 0 Å². The number of hydrogen-bond donors (Lipinski definition) is 1. The first-order chi connectivity index (χ1) is 6.20. The van der Waals surface area contributed by atoms with Crippen LogP contribution in [0.2, 0.25) is 0 Å². The van der Waals surface area contributed by atoms with Crippen LogP contribution in [0.25, 0.3) is 0 Å². The molecule has 0 amide bonds. The molecule has 4 heteroatoms. The van der Waals surface area contributed by atoms with Gasteiger partial charge in [0.05, 0.1) is 0 Å². The molecule has 0 saturated carbocycles. The van der Waals surface area contributed by atoms with Gasteiger partial charge in [0.25, 0.3) is 0 Å². The summed E-state index contributed by atoms with van der Waals surface area (Å²) >= 11 is 1.77. The summed E-state index contributed by atoms with van der Waals surface area (Å²) in [5, 5.41) is 8.47. The highest BCUT2D eigenvalue weighted by atomic mass is 32.2. The summed E-state index contributed by atoms with van der Waals surface area (Å²) in [6, 6.07) is 0. The Labute approximate surface area is 81.9 Å². The molecule has 1 N–H and O–H groups in total. The summed E-state index contributed by atoms with van der Waals surface area (Å²) in [5.41, 5.74) is 0. The van der Waals surface area contributed by atoms with E-state index >= 15 is 0 Å². The molecular formula is C9H15FO2S. The molecule has 0 aliphatic carbocycles. The number of carboxylic acids is 1. The predicted molar refractivity (Wildman–Crippen MR) is 51.8 cm³/mol. The van der Waals surface area contributed by atoms with E-state index in [0.29, 0.717) is 12.8 Å². The molecule has 0 aromatic heterocycles. The molecule has 13 heavy (non-hydrogen) atoms. The topological polar surface area (TPSA) is 37.3 Å². The van der Waals surface area contributed by atoms with Gasteiger partial charge in [-0.05, 0) is 36.7 Å². The van der Waals surface area contributed by atoms with Gasteiger partial charge in [0, 0.05) is 6.42 Å². The SMILES string of the molecule is O=C(O)CCC1CCSCCC1F. The minimum Gasteiger partial charge on any atom is -0.481 e. The first-order valence-electron chi connectivity index (χ1n) is 4.63. The number of carbonyl (C=O) groups is 1. The molecule has 0 spiro atoms. The monoisotopic (exact) mass is 206 g/mol. The molecule has 76 valence electrons. The second-order valence-corrected chi connectivity index (χ2v) is 4.62. The van der Waals surface area contributed by atoms with Gasteiger partial charge >= 0.3 is 5.97 Å². The van der Waals surface area contributed by atoms with Gasteiger partial charge in [-0.15, -0.1) is 0 Å². The highest BCUT2D eigenvalue weighted by Gasteiger charge is 2.23. The number of carboxylic acid groups (broad SMARTS) is 1. The van der Waals surface area contributed by atoms with Crippen molar-refractivity contribution in [1.29, 1.82) is 0 Å². The molecule has 1 heterocycles.